The molecule has 0 aliphatic carbocycles. The van der Waals surface area contributed by atoms with Gasteiger partial charge >= 0.3 is 0 Å². The Balaban J connectivity index is 1.50. The van der Waals surface area contributed by atoms with Crippen LogP contribution >= 0.6 is 0 Å². The van der Waals surface area contributed by atoms with Gasteiger partial charge < -0.3 is 14.5 Å². The summed E-state index contributed by atoms with van der Waals surface area (Å²) >= 11 is 0. The van der Waals surface area contributed by atoms with Crippen molar-refractivity contribution >= 4 is 11.4 Å². The van der Waals surface area contributed by atoms with Gasteiger partial charge in [0.1, 0.15) is 11.6 Å². The molecule has 0 amide bonds. The lowest BCUT2D eigenvalue weighted by Crippen LogP contribution is -2.34. The summed E-state index contributed by atoms with van der Waals surface area (Å²) in [5, 5.41) is 20.1. The summed E-state index contributed by atoms with van der Waals surface area (Å²) in [7, 11) is 0. The van der Waals surface area contributed by atoms with Gasteiger partial charge in [0.05, 0.1) is 17.6 Å². The van der Waals surface area contributed by atoms with E-state index in [4.69, 9.17) is 10.00 Å². The predicted octanol–water partition coefficient (Wildman–Crippen LogP) is 2.55. The topological polar surface area (TPSA) is 82.6 Å². The molecule has 2 aliphatic rings. The molecule has 0 radical (unpaired) electrons. The quantitative estimate of drug-likeness (QED) is 0.582. The molecule has 0 saturated carbocycles. The number of hydrogen-bond acceptors (Lipinski definition) is 6. The molecule has 2 heterocycles. The number of nitro groups is 1. The first-order valence-corrected chi connectivity index (χ1v) is 8.95. The third-order valence-corrected chi connectivity index (χ3v) is 5.02. The number of hydrogen-bond donors (Lipinski definition) is 0. The van der Waals surface area contributed by atoms with Crippen LogP contribution in [-0.2, 0) is 4.74 Å². The van der Waals surface area contributed by atoms with Crippen LogP contribution in [0.15, 0.2) is 18.2 Å². The first kappa shape index (κ1) is 17.6. The molecule has 1 atom stereocenters. The molecule has 134 valence electrons. The molecule has 7 heteroatoms. The number of benzene rings is 1. The highest BCUT2D eigenvalue weighted by molar-refractivity contribution is 5.60. The fourth-order valence-corrected chi connectivity index (χ4v) is 3.60. The molecule has 0 bridgehead atoms. The summed E-state index contributed by atoms with van der Waals surface area (Å²) in [4.78, 5) is 15.0. The minimum atomic E-state index is -0.515. The van der Waals surface area contributed by atoms with E-state index in [0.29, 0.717) is 0 Å². The fourth-order valence-electron chi connectivity index (χ4n) is 3.60. The van der Waals surface area contributed by atoms with E-state index in [0.717, 1.165) is 38.3 Å². The number of piperidine rings is 1. The molecule has 25 heavy (non-hydrogen) atoms. The van der Waals surface area contributed by atoms with Gasteiger partial charge in [-0.25, -0.2) is 0 Å². The summed E-state index contributed by atoms with van der Waals surface area (Å²) in [6.45, 7) is 5.72. The van der Waals surface area contributed by atoms with Crippen molar-refractivity contribution in [2.75, 3.05) is 44.2 Å². The van der Waals surface area contributed by atoms with Gasteiger partial charge in [0.25, 0.3) is 5.69 Å². The molecule has 7 nitrogen and oxygen atoms in total. The molecular weight excluding hydrogens is 320 g/mol. The number of nitrogens with zero attached hydrogens (tertiary/aromatic N) is 4. The van der Waals surface area contributed by atoms with E-state index >= 15 is 0 Å². The molecule has 2 saturated heterocycles. The van der Waals surface area contributed by atoms with Gasteiger partial charge in [0, 0.05) is 31.4 Å². The lowest BCUT2D eigenvalue weighted by Gasteiger charge is -2.26. The van der Waals surface area contributed by atoms with Crippen LogP contribution in [0.25, 0.3) is 0 Å². The highest BCUT2D eigenvalue weighted by Crippen LogP contribution is 2.27. The van der Waals surface area contributed by atoms with E-state index in [1.54, 1.807) is 12.1 Å². The lowest BCUT2D eigenvalue weighted by atomic mass is 10.1. The molecule has 2 fully saturated rings. The second-order valence-electron chi connectivity index (χ2n) is 6.70. The Morgan fingerprint density at radius 1 is 1.28 bits per heavy atom. The maximum Gasteiger partial charge on any atom is 0.287 e. The van der Waals surface area contributed by atoms with Crippen LogP contribution in [0.4, 0.5) is 11.4 Å². The van der Waals surface area contributed by atoms with Crippen LogP contribution in [0.1, 0.15) is 31.2 Å². The third-order valence-electron chi connectivity index (χ3n) is 5.02. The SMILES string of the molecule is N#Cc1cc(N2CC[C@@H](OCCN3CCCCC3)C2)ccc1[N+](=O)[O-]. The Morgan fingerprint density at radius 3 is 2.80 bits per heavy atom. The van der Waals surface area contributed by atoms with Gasteiger partial charge in [-0.1, -0.05) is 6.42 Å². The van der Waals surface area contributed by atoms with Crippen molar-refractivity contribution in [3.8, 4) is 6.07 Å². The van der Waals surface area contributed by atoms with Crippen LogP contribution in [0, 0.1) is 21.4 Å². The highest BCUT2D eigenvalue weighted by atomic mass is 16.6. The second-order valence-corrected chi connectivity index (χ2v) is 6.70. The van der Waals surface area contributed by atoms with Crippen LogP contribution in [-0.4, -0.2) is 55.3 Å². The van der Waals surface area contributed by atoms with Crippen molar-refractivity contribution in [2.24, 2.45) is 0 Å². The van der Waals surface area contributed by atoms with Crippen molar-refractivity contribution in [1.82, 2.24) is 4.90 Å². The second kappa shape index (κ2) is 8.28. The smallest absolute Gasteiger partial charge is 0.287 e. The highest BCUT2D eigenvalue weighted by Gasteiger charge is 2.25. The van der Waals surface area contributed by atoms with Crippen molar-refractivity contribution in [1.29, 1.82) is 5.26 Å². The van der Waals surface area contributed by atoms with Gasteiger partial charge in [0.15, 0.2) is 0 Å². The van der Waals surface area contributed by atoms with Crippen molar-refractivity contribution < 1.29 is 9.66 Å². The minimum absolute atomic E-state index is 0.108. The van der Waals surface area contributed by atoms with E-state index in [2.05, 4.69) is 9.80 Å². The first-order valence-electron chi connectivity index (χ1n) is 8.95. The molecule has 3 rings (SSSR count). The average molecular weight is 344 g/mol. The summed E-state index contributed by atoms with van der Waals surface area (Å²) in [6.07, 6.45) is 5.05. The van der Waals surface area contributed by atoms with E-state index in [1.165, 1.54) is 38.4 Å². The normalized spacial score (nSPS) is 21.2. The zero-order valence-electron chi connectivity index (χ0n) is 14.4. The van der Waals surface area contributed by atoms with E-state index in [1.807, 2.05) is 6.07 Å². The summed E-state index contributed by atoms with van der Waals surface area (Å²) in [5.74, 6) is 0. The Morgan fingerprint density at radius 2 is 2.08 bits per heavy atom. The van der Waals surface area contributed by atoms with Crippen LogP contribution in [0.3, 0.4) is 0 Å². The Labute approximate surface area is 147 Å². The zero-order chi connectivity index (χ0) is 17.6. The Bertz CT molecular complexity index is 652. The standard InChI is InChI=1S/C18H24N4O3/c19-13-15-12-16(4-5-18(15)22(23)24)21-9-6-17(14-21)25-11-10-20-7-2-1-3-8-20/h4-5,12,17H,1-3,6-11,14H2/t17-/m1/s1. The average Bonchev–Trinajstić information content (AvgIpc) is 3.11. The summed E-state index contributed by atoms with van der Waals surface area (Å²) in [5.41, 5.74) is 0.820. The number of nitriles is 1. The van der Waals surface area contributed by atoms with Gasteiger partial charge in [-0.3, -0.25) is 10.1 Å². The van der Waals surface area contributed by atoms with Crippen LogP contribution in [0.5, 0.6) is 0 Å². The maximum absolute atomic E-state index is 10.9. The van der Waals surface area contributed by atoms with Crippen molar-refractivity contribution in [3.63, 3.8) is 0 Å². The number of anilines is 1. The number of ether oxygens (including phenoxy) is 1. The van der Waals surface area contributed by atoms with E-state index in [-0.39, 0.29) is 17.4 Å². The number of rotatable bonds is 6. The number of likely N-dealkylation sites (tertiary alicyclic amines) is 1. The molecule has 0 spiro atoms. The monoisotopic (exact) mass is 344 g/mol. The molecule has 0 N–H and O–H groups in total. The minimum Gasteiger partial charge on any atom is -0.375 e. The van der Waals surface area contributed by atoms with Gasteiger partial charge in [-0.05, 0) is 44.5 Å². The molecule has 1 aromatic carbocycles. The Kier molecular flexibility index (Phi) is 5.84. The van der Waals surface area contributed by atoms with Crippen molar-refractivity contribution in [3.05, 3.63) is 33.9 Å². The Hall–Kier alpha value is -2.17. The summed E-state index contributed by atoms with van der Waals surface area (Å²) < 4.78 is 6.02. The van der Waals surface area contributed by atoms with Crippen LogP contribution < -0.4 is 4.90 Å². The largest absolute Gasteiger partial charge is 0.375 e. The van der Waals surface area contributed by atoms with Crippen molar-refractivity contribution in [2.45, 2.75) is 31.8 Å². The lowest BCUT2D eigenvalue weighted by molar-refractivity contribution is -0.385. The van der Waals surface area contributed by atoms with Gasteiger partial charge in [-0.15, -0.1) is 0 Å². The first-order chi connectivity index (χ1) is 12.2. The fraction of sp³-hybridized carbons (Fsp3) is 0.611. The maximum atomic E-state index is 10.9. The molecule has 2 aliphatic heterocycles. The molecular formula is C18H24N4O3. The number of nitro benzene ring substituents is 1. The van der Waals surface area contributed by atoms with Gasteiger partial charge in [-0.2, -0.15) is 5.26 Å². The molecule has 0 aromatic heterocycles. The van der Waals surface area contributed by atoms with Gasteiger partial charge in [0.2, 0.25) is 0 Å². The van der Waals surface area contributed by atoms with E-state index < -0.39 is 4.92 Å². The predicted molar refractivity (Wildman–Crippen MR) is 94.7 cm³/mol. The van der Waals surface area contributed by atoms with Crippen LogP contribution in [0.2, 0.25) is 0 Å². The third kappa shape index (κ3) is 4.47. The molecule has 0 unspecified atom stereocenters. The molecule has 1 aromatic rings. The zero-order valence-corrected chi connectivity index (χ0v) is 14.4. The summed E-state index contributed by atoms with van der Waals surface area (Å²) in [6, 6.07) is 6.66. The van der Waals surface area contributed by atoms with E-state index in [9.17, 15) is 10.1 Å².